The number of thiol groups is 1. The monoisotopic (exact) mass is 235 g/mol. The van der Waals surface area contributed by atoms with Gasteiger partial charge in [0.1, 0.15) is 0 Å². The highest BCUT2D eigenvalue weighted by atomic mass is 33.1. The molecular formula is C9H17NO2S2. The van der Waals surface area contributed by atoms with Gasteiger partial charge in [-0.3, -0.25) is 9.52 Å². The predicted molar refractivity (Wildman–Crippen MR) is 62.4 cm³/mol. The fourth-order valence-corrected chi connectivity index (χ4v) is 2.79. The lowest BCUT2D eigenvalue weighted by Gasteiger charge is -2.35. The first-order chi connectivity index (χ1) is 6.68. The van der Waals surface area contributed by atoms with E-state index in [1.807, 2.05) is 0 Å². The van der Waals surface area contributed by atoms with Crippen LogP contribution in [0.5, 0.6) is 0 Å². The van der Waals surface area contributed by atoms with E-state index in [1.54, 1.807) is 0 Å². The first-order valence-corrected chi connectivity index (χ1v) is 6.80. The van der Waals surface area contributed by atoms with Crippen LogP contribution in [0.4, 0.5) is 0 Å². The van der Waals surface area contributed by atoms with Crippen LogP contribution in [-0.2, 0) is 4.79 Å². The zero-order chi connectivity index (χ0) is 10.4. The van der Waals surface area contributed by atoms with E-state index in [0.29, 0.717) is 0 Å². The minimum Gasteiger partial charge on any atom is -0.481 e. The first-order valence-electron chi connectivity index (χ1n) is 4.94. The lowest BCUT2D eigenvalue weighted by molar-refractivity contribution is -0.140. The lowest BCUT2D eigenvalue weighted by atomic mass is 9.72. The molecule has 0 unspecified atom stereocenters. The number of carboxylic acid groups (broad SMARTS) is 1. The Kier molecular flexibility index (Phi) is 5.12. The van der Waals surface area contributed by atoms with Crippen molar-refractivity contribution in [2.75, 3.05) is 6.54 Å². The van der Waals surface area contributed by atoms with Gasteiger partial charge in [-0.05, 0) is 29.2 Å². The molecule has 1 aliphatic rings. The van der Waals surface area contributed by atoms with E-state index in [-0.39, 0.29) is 11.8 Å². The van der Waals surface area contributed by atoms with Crippen LogP contribution in [0, 0.1) is 5.41 Å². The molecule has 0 saturated heterocycles. The minimum atomic E-state index is -0.683. The van der Waals surface area contributed by atoms with Crippen LogP contribution in [0.3, 0.4) is 0 Å². The molecule has 1 rings (SSSR count). The second-order valence-electron chi connectivity index (χ2n) is 4.04. The Balaban J connectivity index is 2.52. The van der Waals surface area contributed by atoms with E-state index in [0.717, 1.165) is 32.2 Å². The molecule has 0 bridgehead atoms. The van der Waals surface area contributed by atoms with E-state index in [4.69, 9.17) is 5.11 Å². The van der Waals surface area contributed by atoms with Crippen molar-refractivity contribution in [2.24, 2.45) is 5.41 Å². The van der Waals surface area contributed by atoms with Gasteiger partial charge in [0.15, 0.2) is 0 Å². The van der Waals surface area contributed by atoms with E-state index in [9.17, 15) is 4.79 Å². The average molecular weight is 235 g/mol. The Morgan fingerprint density at radius 1 is 1.43 bits per heavy atom. The standard InChI is InChI=1S/C9H17NO2S2/c11-8(12)6-9(7-10-14-13)4-2-1-3-5-9/h10,13H,1-7H2,(H,11,12). The highest BCUT2D eigenvalue weighted by Gasteiger charge is 2.33. The summed E-state index contributed by atoms with van der Waals surface area (Å²) in [5.41, 5.74) is -0.0280. The highest BCUT2D eigenvalue weighted by Crippen LogP contribution is 2.39. The van der Waals surface area contributed by atoms with Gasteiger partial charge in [-0.15, -0.1) is 0 Å². The van der Waals surface area contributed by atoms with Crippen LogP contribution in [0.25, 0.3) is 0 Å². The number of aliphatic carboxylic acids is 1. The molecule has 2 N–H and O–H groups in total. The third-order valence-corrected chi connectivity index (χ3v) is 3.61. The van der Waals surface area contributed by atoms with E-state index < -0.39 is 5.97 Å². The summed E-state index contributed by atoms with van der Waals surface area (Å²) in [6, 6.07) is 0. The molecule has 0 spiro atoms. The fraction of sp³-hybridized carbons (Fsp3) is 0.889. The van der Waals surface area contributed by atoms with Gasteiger partial charge in [0, 0.05) is 6.54 Å². The van der Waals surface area contributed by atoms with Crippen LogP contribution in [-0.4, -0.2) is 17.6 Å². The van der Waals surface area contributed by atoms with Crippen LogP contribution in [0.1, 0.15) is 38.5 Å². The SMILES string of the molecule is O=C(O)CC1(CNSS)CCCCC1. The molecule has 0 atom stereocenters. The number of carbonyl (C=O) groups is 1. The molecule has 0 aromatic rings. The van der Waals surface area contributed by atoms with Crippen LogP contribution >= 0.6 is 22.6 Å². The smallest absolute Gasteiger partial charge is 0.303 e. The maximum Gasteiger partial charge on any atom is 0.303 e. The Bertz CT molecular complexity index is 193. The van der Waals surface area contributed by atoms with Crippen LogP contribution in [0.2, 0.25) is 0 Å². The quantitative estimate of drug-likeness (QED) is 0.389. The Morgan fingerprint density at radius 3 is 2.57 bits per heavy atom. The fourth-order valence-electron chi connectivity index (χ4n) is 2.22. The Hall–Kier alpha value is 0.130. The number of rotatable bonds is 5. The van der Waals surface area contributed by atoms with E-state index in [1.165, 1.54) is 17.4 Å². The van der Waals surface area contributed by atoms with E-state index in [2.05, 4.69) is 16.4 Å². The summed E-state index contributed by atoms with van der Waals surface area (Å²) in [4.78, 5) is 10.8. The summed E-state index contributed by atoms with van der Waals surface area (Å²) < 4.78 is 3.08. The Labute approximate surface area is 94.0 Å². The van der Waals surface area contributed by atoms with Gasteiger partial charge in [0.05, 0.1) is 6.42 Å². The summed E-state index contributed by atoms with van der Waals surface area (Å²) in [7, 11) is 1.27. The maximum atomic E-state index is 10.8. The van der Waals surface area contributed by atoms with Crippen molar-refractivity contribution >= 4 is 28.6 Å². The molecule has 1 fully saturated rings. The van der Waals surface area contributed by atoms with Crippen molar-refractivity contribution < 1.29 is 9.90 Å². The van der Waals surface area contributed by atoms with Crippen molar-refractivity contribution in [3.8, 4) is 0 Å². The lowest BCUT2D eigenvalue weighted by Crippen LogP contribution is -2.35. The van der Waals surface area contributed by atoms with Crippen molar-refractivity contribution in [3.05, 3.63) is 0 Å². The van der Waals surface area contributed by atoms with Gasteiger partial charge >= 0.3 is 5.97 Å². The van der Waals surface area contributed by atoms with Gasteiger partial charge < -0.3 is 5.11 Å². The number of hydrogen-bond acceptors (Lipinski definition) is 4. The van der Waals surface area contributed by atoms with Gasteiger partial charge in [-0.25, -0.2) is 0 Å². The average Bonchev–Trinajstić information content (AvgIpc) is 2.15. The summed E-state index contributed by atoms with van der Waals surface area (Å²) in [6.45, 7) is 0.757. The van der Waals surface area contributed by atoms with Gasteiger partial charge in [-0.2, -0.15) is 0 Å². The molecule has 5 heteroatoms. The summed E-state index contributed by atoms with van der Waals surface area (Å²) in [6.07, 6.45) is 5.91. The maximum absolute atomic E-state index is 10.8. The van der Waals surface area contributed by atoms with Crippen LogP contribution in [0.15, 0.2) is 0 Å². The zero-order valence-electron chi connectivity index (χ0n) is 8.16. The molecule has 0 heterocycles. The van der Waals surface area contributed by atoms with Gasteiger partial charge in [0.25, 0.3) is 0 Å². The normalized spacial score (nSPS) is 20.6. The number of carboxylic acids is 1. The third-order valence-electron chi connectivity index (χ3n) is 2.95. The second kappa shape index (κ2) is 5.88. The van der Waals surface area contributed by atoms with E-state index >= 15 is 0 Å². The summed E-state index contributed by atoms with van der Waals surface area (Å²) in [5.74, 6) is -0.683. The van der Waals surface area contributed by atoms with Gasteiger partial charge in [0.2, 0.25) is 0 Å². The number of hydrogen-bond donors (Lipinski definition) is 3. The summed E-state index contributed by atoms with van der Waals surface area (Å²) in [5, 5.41) is 8.88. The summed E-state index contributed by atoms with van der Waals surface area (Å²) >= 11 is 4.01. The van der Waals surface area contributed by atoms with Crippen molar-refractivity contribution in [1.29, 1.82) is 0 Å². The van der Waals surface area contributed by atoms with Crippen molar-refractivity contribution in [1.82, 2.24) is 4.72 Å². The molecule has 1 aliphatic carbocycles. The topological polar surface area (TPSA) is 49.3 Å². The number of nitrogens with one attached hydrogen (secondary N) is 1. The third kappa shape index (κ3) is 3.71. The first kappa shape index (κ1) is 12.2. The second-order valence-corrected chi connectivity index (χ2v) is 5.06. The largest absolute Gasteiger partial charge is 0.481 e. The molecule has 82 valence electrons. The Morgan fingerprint density at radius 2 is 2.07 bits per heavy atom. The molecule has 3 nitrogen and oxygen atoms in total. The molecule has 0 aliphatic heterocycles. The van der Waals surface area contributed by atoms with Crippen LogP contribution < -0.4 is 4.72 Å². The van der Waals surface area contributed by atoms with Crippen molar-refractivity contribution in [3.63, 3.8) is 0 Å². The molecule has 1 saturated carbocycles. The highest BCUT2D eigenvalue weighted by molar-refractivity contribution is 8.67. The minimum absolute atomic E-state index is 0.0280. The molecule has 0 amide bonds. The molecule has 0 aromatic carbocycles. The van der Waals surface area contributed by atoms with Crippen molar-refractivity contribution in [2.45, 2.75) is 38.5 Å². The molecule has 14 heavy (non-hydrogen) atoms. The molecule has 0 aromatic heterocycles. The predicted octanol–water partition coefficient (Wildman–Crippen LogP) is 2.49. The molecule has 0 radical (unpaired) electrons. The van der Waals surface area contributed by atoms with Gasteiger partial charge in [-0.1, -0.05) is 30.9 Å². The zero-order valence-corrected chi connectivity index (χ0v) is 9.87. The molecular weight excluding hydrogens is 218 g/mol.